The van der Waals surface area contributed by atoms with Gasteiger partial charge in [-0.3, -0.25) is 14.9 Å². The molecular formula is C25H23ClN2O7. The Morgan fingerprint density at radius 1 is 1.20 bits per heavy atom. The Balaban J connectivity index is 2.08. The fraction of sp³-hybridized carbons (Fsp3) is 0.200. The molecule has 1 aliphatic heterocycles. The van der Waals surface area contributed by atoms with E-state index < -0.39 is 30.4 Å². The monoisotopic (exact) mass is 498 g/mol. The fourth-order valence-corrected chi connectivity index (χ4v) is 3.59. The molecular weight excluding hydrogens is 476 g/mol. The molecule has 1 saturated heterocycles. The van der Waals surface area contributed by atoms with E-state index in [0.717, 1.165) is 10.5 Å². The van der Waals surface area contributed by atoms with Crippen LogP contribution in [0.1, 0.15) is 23.6 Å². The predicted molar refractivity (Wildman–Crippen MR) is 130 cm³/mol. The maximum atomic E-state index is 13.2. The highest BCUT2D eigenvalue weighted by molar-refractivity contribution is 6.39. The molecule has 9 nitrogen and oxygen atoms in total. The van der Waals surface area contributed by atoms with E-state index in [2.05, 4.69) is 11.9 Å². The first-order chi connectivity index (χ1) is 16.7. The highest BCUT2D eigenvalue weighted by Gasteiger charge is 2.37. The van der Waals surface area contributed by atoms with Crippen LogP contribution in [0.2, 0.25) is 5.02 Å². The second-order valence-electron chi connectivity index (χ2n) is 7.51. The second kappa shape index (κ2) is 10.9. The minimum atomic E-state index is -1.16. The zero-order valence-corrected chi connectivity index (χ0v) is 19.8. The molecule has 2 aromatic rings. The summed E-state index contributed by atoms with van der Waals surface area (Å²) in [7, 11) is 0. The molecule has 0 spiro atoms. The molecule has 2 N–H and O–H groups in total. The summed E-state index contributed by atoms with van der Waals surface area (Å²) >= 11 is 6.16. The van der Waals surface area contributed by atoms with E-state index in [9.17, 15) is 19.2 Å². The van der Waals surface area contributed by atoms with Crippen LogP contribution in [0.5, 0.6) is 11.5 Å². The number of rotatable bonds is 9. The number of carbonyl (C=O) groups is 4. The van der Waals surface area contributed by atoms with Gasteiger partial charge in [-0.25, -0.2) is 14.5 Å². The van der Waals surface area contributed by atoms with E-state index in [1.54, 1.807) is 38.1 Å². The number of allylic oxidation sites excluding steroid dienone is 1. The normalized spacial score (nSPS) is 14.7. The third-order valence-corrected chi connectivity index (χ3v) is 5.39. The van der Waals surface area contributed by atoms with Crippen molar-refractivity contribution >= 4 is 47.2 Å². The van der Waals surface area contributed by atoms with Crippen molar-refractivity contribution in [3.8, 4) is 11.5 Å². The Morgan fingerprint density at radius 2 is 1.94 bits per heavy atom. The molecule has 0 saturated carbocycles. The van der Waals surface area contributed by atoms with Gasteiger partial charge >= 0.3 is 12.0 Å². The average molecular weight is 499 g/mol. The van der Waals surface area contributed by atoms with E-state index in [1.807, 2.05) is 0 Å². The van der Waals surface area contributed by atoms with Gasteiger partial charge in [-0.2, -0.15) is 0 Å². The lowest BCUT2D eigenvalue weighted by atomic mass is 10.0. The average Bonchev–Trinajstić information content (AvgIpc) is 2.78. The molecule has 182 valence electrons. The van der Waals surface area contributed by atoms with Crippen molar-refractivity contribution in [2.45, 2.75) is 20.3 Å². The Morgan fingerprint density at radius 3 is 2.57 bits per heavy atom. The molecule has 2 aromatic carbocycles. The van der Waals surface area contributed by atoms with E-state index in [4.69, 9.17) is 26.2 Å². The summed E-state index contributed by atoms with van der Waals surface area (Å²) in [4.78, 5) is 50.1. The summed E-state index contributed by atoms with van der Waals surface area (Å²) in [6, 6.07) is 6.92. The zero-order valence-electron chi connectivity index (χ0n) is 19.1. The summed E-state index contributed by atoms with van der Waals surface area (Å²) < 4.78 is 11.1. The molecule has 1 heterocycles. The van der Waals surface area contributed by atoms with Crippen molar-refractivity contribution in [3.63, 3.8) is 0 Å². The van der Waals surface area contributed by atoms with Gasteiger partial charge in [0.2, 0.25) is 0 Å². The molecule has 0 aliphatic carbocycles. The van der Waals surface area contributed by atoms with Gasteiger partial charge in [0.05, 0.1) is 12.3 Å². The van der Waals surface area contributed by atoms with E-state index in [-0.39, 0.29) is 29.4 Å². The van der Waals surface area contributed by atoms with Gasteiger partial charge in [0.1, 0.15) is 5.57 Å². The van der Waals surface area contributed by atoms with Gasteiger partial charge in [-0.15, -0.1) is 6.58 Å². The summed E-state index contributed by atoms with van der Waals surface area (Å²) in [5.41, 5.74) is 1.63. The number of carbonyl (C=O) groups excluding carboxylic acids is 3. The smallest absolute Gasteiger partial charge is 0.341 e. The number of nitrogens with zero attached hydrogens (tertiary/aromatic N) is 1. The first kappa shape index (κ1) is 25.5. The van der Waals surface area contributed by atoms with Crippen LogP contribution in [0, 0.1) is 6.92 Å². The number of anilines is 1. The minimum absolute atomic E-state index is 0.210. The quantitative estimate of drug-likeness (QED) is 0.305. The molecule has 3 rings (SSSR count). The van der Waals surface area contributed by atoms with Gasteiger partial charge < -0.3 is 14.6 Å². The molecule has 1 fully saturated rings. The SMILES string of the molecule is C=CCc1cc(C=C2C(=O)NC(=O)N(c3ccc(C)c(Cl)c3)C2=O)cc(OCC)c1OCC(=O)O. The molecule has 0 bridgehead atoms. The number of carboxylic acids is 1. The lowest BCUT2D eigenvalue weighted by Crippen LogP contribution is -2.54. The van der Waals surface area contributed by atoms with Crippen LogP contribution in [0.4, 0.5) is 10.5 Å². The number of nitrogens with one attached hydrogen (secondary N) is 1. The van der Waals surface area contributed by atoms with Gasteiger partial charge in [-0.05, 0) is 61.7 Å². The molecule has 0 aromatic heterocycles. The number of ether oxygens (including phenoxy) is 2. The lowest BCUT2D eigenvalue weighted by Gasteiger charge is -2.26. The third-order valence-electron chi connectivity index (χ3n) is 4.98. The van der Waals surface area contributed by atoms with E-state index in [0.29, 0.717) is 22.6 Å². The second-order valence-corrected chi connectivity index (χ2v) is 7.91. The maximum Gasteiger partial charge on any atom is 0.341 e. The first-order valence-electron chi connectivity index (χ1n) is 10.6. The van der Waals surface area contributed by atoms with Crippen LogP contribution in [0.25, 0.3) is 6.08 Å². The van der Waals surface area contributed by atoms with Gasteiger partial charge in [0.25, 0.3) is 11.8 Å². The van der Waals surface area contributed by atoms with E-state index >= 15 is 0 Å². The van der Waals surface area contributed by atoms with Crippen molar-refractivity contribution in [3.05, 3.63) is 70.3 Å². The lowest BCUT2D eigenvalue weighted by molar-refractivity contribution is -0.139. The van der Waals surface area contributed by atoms with Crippen molar-refractivity contribution in [1.82, 2.24) is 5.32 Å². The molecule has 1 aliphatic rings. The van der Waals surface area contributed by atoms with Gasteiger partial charge in [0.15, 0.2) is 18.1 Å². The zero-order chi connectivity index (χ0) is 25.7. The molecule has 0 radical (unpaired) electrons. The molecule has 0 unspecified atom stereocenters. The number of carboxylic acid groups (broad SMARTS) is 1. The Hall–Kier alpha value is -4.11. The van der Waals surface area contributed by atoms with Gasteiger partial charge in [0, 0.05) is 10.6 Å². The number of amides is 4. The molecule has 35 heavy (non-hydrogen) atoms. The molecule has 4 amide bonds. The standard InChI is InChI=1S/C25H23ClN2O7/c1-4-6-16-9-15(11-20(34-5-2)22(16)35-13-21(29)30)10-18-23(31)27-25(33)28(24(18)32)17-8-7-14(3)19(26)12-17/h4,7-12H,1,5-6,13H2,2-3H3,(H,29,30)(H,27,31,33). The Kier molecular flexibility index (Phi) is 7.93. The largest absolute Gasteiger partial charge is 0.490 e. The van der Waals surface area contributed by atoms with Crippen LogP contribution < -0.4 is 19.7 Å². The summed E-state index contributed by atoms with van der Waals surface area (Å²) in [6.45, 7) is 6.90. The highest BCUT2D eigenvalue weighted by Crippen LogP contribution is 2.35. The molecule has 10 heteroatoms. The maximum absolute atomic E-state index is 13.2. The summed E-state index contributed by atoms with van der Waals surface area (Å²) in [5.74, 6) is -2.38. The number of urea groups is 1. The van der Waals surface area contributed by atoms with Crippen LogP contribution in [0.3, 0.4) is 0 Å². The Bertz CT molecular complexity index is 1250. The van der Waals surface area contributed by atoms with Gasteiger partial charge in [-0.1, -0.05) is 23.7 Å². The van der Waals surface area contributed by atoms with Crippen molar-refractivity contribution < 1.29 is 33.8 Å². The topological polar surface area (TPSA) is 122 Å². The number of aryl methyl sites for hydroxylation is 1. The number of imide groups is 2. The number of hydrogen-bond acceptors (Lipinski definition) is 6. The molecule has 0 atom stereocenters. The van der Waals surface area contributed by atoms with Crippen LogP contribution >= 0.6 is 11.6 Å². The van der Waals surface area contributed by atoms with Crippen LogP contribution in [0.15, 0.2) is 48.6 Å². The number of halogens is 1. The summed E-state index contributed by atoms with van der Waals surface area (Å²) in [6.07, 6.45) is 3.22. The van der Waals surface area contributed by atoms with Crippen molar-refractivity contribution in [2.24, 2.45) is 0 Å². The first-order valence-corrected chi connectivity index (χ1v) is 11.0. The van der Waals surface area contributed by atoms with E-state index in [1.165, 1.54) is 18.2 Å². The van der Waals surface area contributed by atoms with Crippen LogP contribution in [-0.4, -0.2) is 42.1 Å². The Labute approximate surface area is 206 Å². The number of aliphatic carboxylic acids is 1. The number of hydrogen-bond donors (Lipinski definition) is 2. The predicted octanol–water partition coefficient (Wildman–Crippen LogP) is 3.91. The fourth-order valence-electron chi connectivity index (χ4n) is 3.41. The number of barbiturate groups is 1. The minimum Gasteiger partial charge on any atom is -0.490 e. The third kappa shape index (κ3) is 5.70. The van der Waals surface area contributed by atoms with Crippen molar-refractivity contribution in [1.29, 1.82) is 0 Å². The van der Waals surface area contributed by atoms with Crippen molar-refractivity contribution in [2.75, 3.05) is 18.1 Å². The van der Waals surface area contributed by atoms with Crippen LogP contribution in [-0.2, 0) is 20.8 Å². The highest BCUT2D eigenvalue weighted by atomic mass is 35.5. The number of benzene rings is 2. The summed E-state index contributed by atoms with van der Waals surface area (Å²) in [5, 5.41) is 11.5.